The van der Waals surface area contributed by atoms with Crippen molar-refractivity contribution < 1.29 is 4.74 Å². The normalized spacial score (nSPS) is 30.6. The van der Waals surface area contributed by atoms with Gasteiger partial charge >= 0.3 is 0 Å². The van der Waals surface area contributed by atoms with Crippen LogP contribution in [0.25, 0.3) is 0 Å². The van der Waals surface area contributed by atoms with Crippen LogP contribution in [-0.4, -0.2) is 6.61 Å². The van der Waals surface area contributed by atoms with Crippen LogP contribution in [0.15, 0.2) is 18.2 Å². The van der Waals surface area contributed by atoms with Gasteiger partial charge in [0.15, 0.2) is 0 Å². The molecule has 3 atom stereocenters. The number of halogens is 1. The average Bonchev–Trinajstić information content (AvgIpc) is 3.14. The highest BCUT2D eigenvalue weighted by atomic mass is 35.5. The van der Waals surface area contributed by atoms with Crippen molar-refractivity contribution in [2.75, 3.05) is 6.61 Å². The second-order valence-corrected chi connectivity index (χ2v) is 6.54. The predicted octanol–water partition coefficient (Wildman–Crippen LogP) is 5.11. The molecule has 3 unspecified atom stereocenters. The molecule has 0 heterocycles. The van der Waals surface area contributed by atoms with E-state index in [-0.39, 0.29) is 5.38 Å². The van der Waals surface area contributed by atoms with Gasteiger partial charge in [-0.05, 0) is 50.5 Å². The number of ether oxygens (including phenoxy) is 1. The van der Waals surface area contributed by atoms with Crippen LogP contribution in [0.1, 0.15) is 49.1 Å². The van der Waals surface area contributed by atoms with Crippen molar-refractivity contribution in [3.63, 3.8) is 0 Å². The summed E-state index contributed by atoms with van der Waals surface area (Å²) in [5.41, 5.74) is 2.48. The van der Waals surface area contributed by atoms with Gasteiger partial charge in [0.2, 0.25) is 0 Å². The number of aryl methyl sites for hydroxylation is 1. The third-order valence-electron chi connectivity index (χ3n) is 4.82. The van der Waals surface area contributed by atoms with E-state index >= 15 is 0 Å². The van der Waals surface area contributed by atoms with Crippen LogP contribution >= 0.6 is 11.6 Å². The molecule has 3 rings (SSSR count). The fourth-order valence-corrected chi connectivity index (χ4v) is 4.40. The lowest BCUT2D eigenvalue weighted by molar-refractivity contribution is 0.335. The summed E-state index contributed by atoms with van der Waals surface area (Å²) in [6.45, 7) is 4.86. The minimum atomic E-state index is 0.134. The highest BCUT2D eigenvalue weighted by molar-refractivity contribution is 6.21. The minimum Gasteiger partial charge on any atom is -0.494 e. The summed E-state index contributed by atoms with van der Waals surface area (Å²) >= 11 is 6.81. The lowest BCUT2D eigenvalue weighted by Crippen LogP contribution is -2.02. The maximum Gasteiger partial charge on any atom is 0.123 e. The number of benzene rings is 1. The predicted molar refractivity (Wildman–Crippen MR) is 79.9 cm³/mol. The van der Waals surface area contributed by atoms with Gasteiger partial charge in [-0.3, -0.25) is 0 Å². The van der Waals surface area contributed by atoms with Crippen molar-refractivity contribution >= 4 is 11.6 Å². The van der Waals surface area contributed by atoms with Crippen LogP contribution in [0.4, 0.5) is 0 Å². The van der Waals surface area contributed by atoms with Gasteiger partial charge in [0.05, 0.1) is 12.0 Å². The van der Waals surface area contributed by atoms with E-state index in [0.29, 0.717) is 12.5 Å². The Morgan fingerprint density at radius 3 is 2.58 bits per heavy atom. The maximum atomic E-state index is 6.81. The van der Waals surface area contributed by atoms with Crippen LogP contribution < -0.4 is 4.74 Å². The molecule has 2 aliphatic rings. The molecule has 19 heavy (non-hydrogen) atoms. The molecule has 0 aromatic heterocycles. The molecule has 104 valence electrons. The molecule has 2 fully saturated rings. The van der Waals surface area contributed by atoms with Gasteiger partial charge in [-0.25, -0.2) is 0 Å². The van der Waals surface area contributed by atoms with Gasteiger partial charge < -0.3 is 4.74 Å². The molecular weight excluding hydrogens is 256 g/mol. The molecule has 0 aliphatic heterocycles. The molecule has 0 spiro atoms. The van der Waals surface area contributed by atoms with E-state index in [1.54, 1.807) is 0 Å². The van der Waals surface area contributed by atoms with Crippen LogP contribution in [0.2, 0.25) is 0 Å². The molecule has 0 radical (unpaired) electrons. The van der Waals surface area contributed by atoms with Crippen molar-refractivity contribution in [2.45, 2.75) is 44.9 Å². The minimum absolute atomic E-state index is 0.134. The summed E-state index contributed by atoms with van der Waals surface area (Å²) in [5.74, 6) is 3.43. The Bertz CT molecular complexity index is 445. The Balaban J connectivity index is 1.82. The Morgan fingerprint density at radius 2 is 1.95 bits per heavy atom. The third kappa shape index (κ3) is 2.50. The second-order valence-electron chi connectivity index (χ2n) is 6.07. The molecular formula is C17H23ClO. The van der Waals surface area contributed by atoms with Gasteiger partial charge in [0.25, 0.3) is 0 Å². The first-order valence-electron chi connectivity index (χ1n) is 7.59. The first-order chi connectivity index (χ1) is 9.22. The van der Waals surface area contributed by atoms with E-state index in [1.807, 2.05) is 6.92 Å². The summed E-state index contributed by atoms with van der Waals surface area (Å²) in [7, 11) is 0. The third-order valence-corrected chi connectivity index (χ3v) is 5.35. The molecule has 1 aromatic rings. The van der Waals surface area contributed by atoms with E-state index in [4.69, 9.17) is 16.3 Å². The van der Waals surface area contributed by atoms with Crippen molar-refractivity contribution in [1.82, 2.24) is 0 Å². The Morgan fingerprint density at radius 1 is 1.26 bits per heavy atom. The van der Waals surface area contributed by atoms with E-state index in [1.165, 1.54) is 36.8 Å². The smallest absolute Gasteiger partial charge is 0.123 e. The quantitative estimate of drug-likeness (QED) is 0.696. The van der Waals surface area contributed by atoms with Crippen molar-refractivity contribution in [3.05, 3.63) is 29.3 Å². The summed E-state index contributed by atoms with van der Waals surface area (Å²) in [5, 5.41) is 0.134. The number of alkyl halides is 1. The molecule has 1 aromatic carbocycles. The summed E-state index contributed by atoms with van der Waals surface area (Å²) in [6.07, 6.45) is 5.56. The van der Waals surface area contributed by atoms with Crippen LogP contribution in [-0.2, 0) is 0 Å². The second kappa shape index (κ2) is 5.36. The first kappa shape index (κ1) is 13.3. The SMILES string of the molecule is CCOc1ccc(C)cc1C(Cl)C1C2CCCCC21. The number of fused-ring (bicyclic) bond motifs is 1. The zero-order valence-electron chi connectivity index (χ0n) is 11.9. The van der Waals surface area contributed by atoms with Gasteiger partial charge in [-0.1, -0.05) is 30.5 Å². The molecule has 0 saturated heterocycles. The molecule has 0 N–H and O–H groups in total. The molecule has 2 aliphatic carbocycles. The fourth-order valence-electron chi connectivity index (χ4n) is 3.86. The molecule has 1 nitrogen and oxygen atoms in total. The van der Waals surface area contributed by atoms with E-state index < -0.39 is 0 Å². The Hall–Kier alpha value is -0.690. The van der Waals surface area contributed by atoms with Crippen LogP contribution in [0.3, 0.4) is 0 Å². The fraction of sp³-hybridized carbons (Fsp3) is 0.647. The van der Waals surface area contributed by atoms with E-state index in [9.17, 15) is 0 Å². The van der Waals surface area contributed by atoms with Crippen molar-refractivity contribution in [1.29, 1.82) is 0 Å². The molecule has 2 heteroatoms. The zero-order valence-corrected chi connectivity index (χ0v) is 12.6. The number of hydrogen-bond donors (Lipinski definition) is 0. The molecule has 0 amide bonds. The summed E-state index contributed by atoms with van der Waals surface area (Å²) in [4.78, 5) is 0. The topological polar surface area (TPSA) is 9.23 Å². The van der Waals surface area contributed by atoms with Crippen LogP contribution in [0, 0.1) is 24.7 Å². The van der Waals surface area contributed by atoms with Gasteiger partial charge in [0.1, 0.15) is 5.75 Å². The number of rotatable bonds is 4. The Kier molecular flexibility index (Phi) is 3.75. The highest BCUT2D eigenvalue weighted by Gasteiger charge is 2.54. The monoisotopic (exact) mass is 278 g/mol. The number of hydrogen-bond acceptors (Lipinski definition) is 1. The lowest BCUT2D eigenvalue weighted by atomic mass is 10.0. The first-order valence-corrected chi connectivity index (χ1v) is 8.03. The van der Waals surface area contributed by atoms with Crippen molar-refractivity contribution in [3.8, 4) is 5.75 Å². The average molecular weight is 279 g/mol. The standard InChI is InChI=1S/C17H23ClO/c1-3-19-15-9-8-11(2)10-14(15)17(18)16-12-6-4-5-7-13(12)16/h8-10,12-13,16-17H,3-7H2,1-2H3. The summed E-state index contributed by atoms with van der Waals surface area (Å²) < 4.78 is 5.76. The molecule has 0 bridgehead atoms. The van der Waals surface area contributed by atoms with Gasteiger partial charge in [-0.2, -0.15) is 0 Å². The van der Waals surface area contributed by atoms with Gasteiger partial charge in [-0.15, -0.1) is 11.6 Å². The summed E-state index contributed by atoms with van der Waals surface area (Å²) in [6, 6.07) is 6.40. The van der Waals surface area contributed by atoms with Crippen molar-refractivity contribution in [2.24, 2.45) is 17.8 Å². The van der Waals surface area contributed by atoms with Gasteiger partial charge in [0, 0.05) is 5.56 Å². The van der Waals surface area contributed by atoms with Crippen LogP contribution in [0.5, 0.6) is 5.75 Å². The van der Waals surface area contributed by atoms with E-state index in [2.05, 4.69) is 25.1 Å². The Labute approximate surface area is 121 Å². The maximum absolute atomic E-state index is 6.81. The highest BCUT2D eigenvalue weighted by Crippen LogP contribution is 2.62. The molecule has 2 saturated carbocycles. The zero-order chi connectivity index (χ0) is 13.4. The van der Waals surface area contributed by atoms with E-state index in [0.717, 1.165) is 17.6 Å². The lowest BCUT2D eigenvalue weighted by Gasteiger charge is -2.16. The largest absolute Gasteiger partial charge is 0.494 e.